The average molecular weight is 266 g/mol. The summed E-state index contributed by atoms with van der Waals surface area (Å²) in [5.41, 5.74) is 0.230. The summed E-state index contributed by atoms with van der Waals surface area (Å²) in [6.07, 6.45) is 1.90. The monoisotopic (exact) mass is 266 g/mol. The second kappa shape index (κ2) is 5.29. The number of ketones is 1. The van der Waals surface area contributed by atoms with Crippen LogP contribution < -0.4 is 4.74 Å². The summed E-state index contributed by atoms with van der Waals surface area (Å²) in [6.45, 7) is 5.81. The minimum atomic E-state index is -0.509. The fourth-order valence-electron chi connectivity index (χ4n) is 2.21. The van der Waals surface area contributed by atoms with E-state index in [1.807, 2.05) is 13.8 Å². The van der Waals surface area contributed by atoms with Gasteiger partial charge >= 0.3 is 0 Å². The van der Waals surface area contributed by atoms with Crippen molar-refractivity contribution in [2.45, 2.75) is 45.3 Å². The van der Waals surface area contributed by atoms with E-state index in [4.69, 9.17) is 9.47 Å². The molecule has 0 radical (unpaired) electrons. The van der Waals surface area contributed by atoms with Crippen LogP contribution in [-0.2, 0) is 4.74 Å². The van der Waals surface area contributed by atoms with Crippen molar-refractivity contribution in [1.29, 1.82) is 0 Å². The highest BCUT2D eigenvalue weighted by molar-refractivity contribution is 5.94. The van der Waals surface area contributed by atoms with Crippen LogP contribution in [0.15, 0.2) is 18.2 Å². The highest BCUT2D eigenvalue weighted by Crippen LogP contribution is 2.30. The number of Topliss-reactive ketones (excluding diaryl/α,β-unsaturated/α-hetero) is 1. The van der Waals surface area contributed by atoms with Gasteiger partial charge in [0.2, 0.25) is 0 Å². The zero-order valence-corrected chi connectivity index (χ0v) is 11.5. The van der Waals surface area contributed by atoms with Crippen LogP contribution in [0.1, 0.15) is 44.0 Å². The van der Waals surface area contributed by atoms with E-state index in [-0.39, 0.29) is 23.2 Å². The van der Waals surface area contributed by atoms with E-state index in [0.717, 1.165) is 12.8 Å². The van der Waals surface area contributed by atoms with Gasteiger partial charge in [-0.05, 0) is 51.8 Å². The van der Waals surface area contributed by atoms with Gasteiger partial charge in [-0.3, -0.25) is 4.79 Å². The molecule has 1 fully saturated rings. The lowest BCUT2D eigenvalue weighted by Crippen LogP contribution is -2.24. The minimum absolute atomic E-state index is 0.00174. The highest BCUT2D eigenvalue weighted by atomic mass is 19.1. The lowest BCUT2D eigenvalue weighted by atomic mass is 10.1. The maximum atomic E-state index is 13.7. The molecule has 1 aliphatic heterocycles. The van der Waals surface area contributed by atoms with Gasteiger partial charge < -0.3 is 9.47 Å². The molecule has 3 nitrogen and oxygen atoms in total. The quantitative estimate of drug-likeness (QED) is 0.784. The second-order valence-corrected chi connectivity index (χ2v) is 5.55. The van der Waals surface area contributed by atoms with Gasteiger partial charge in [0.25, 0.3) is 0 Å². The summed E-state index contributed by atoms with van der Waals surface area (Å²) in [5, 5.41) is 0. The van der Waals surface area contributed by atoms with Gasteiger partial charge in [-0.1, -0.05) is 0 Å². The molecule has 1 unspecified atom stereocenters. The molecule has 1 heterocycles. The highest BCUT2D eigenvalue weighted by Gasteiger charge is 2.32. The summed E-state index contributed by atoms with van der Waals surface area (Å²) in [6, 6.07) is 4.27. The molecule has 1 aliphatic rings. The summed E-state index contributed by atoms with van der Waals surface area (Å²) in [5.74, 6) is -0.505. The largest absolute Gasteiger partial charge is 0.488 e. The van der Waals surface area contributed by atoms with E-state index in [9.17, 15) is 9.18 Å². The third-order valence-corrected chi connectivity index (χ3v) is 3.32. The predicted molar refractivity (Wildman–Crippen MR) is 70.1 cm³/mol. The molecule has 1 saturated heterocycles. The third-order valence-electron chi connectivity index (χ3n) is 3.32. The number of carbonyl (C=O) groups excluding carboxylic acids is 1. The lowest BCUT2D eigenvalue weighted by molar-refractivity contribution is -0.0330. The summed E-state index contributed by atoms with van der Waals surface area (Å²) >= 11 is 0. The van der Waals surface area contributed by atoms with E-state index < -0.39 is 5.82 Å². The Balaban J connectivity index is 1.95. The Kier molecular flexibility index (Phi) is 3.90. The van der Waals surface area contributed by atoms with Gasteiger partial charge in [0.05, 0.1) is 11.7 Å². The van der Waals surface area contributed by atoms with Crippen molar-refractivity contribution < 1.29 is 18.7 Å². The molecule has 4 heteroatoms. The number of benzene rings is 1. The Morgan fingerprint density at radius 3 is 2.79 bits per heavy atom. The summed E-state index contributed by atoms with van der Waals surface area (Å²) < 4.78 is 24.9. The fraction of sp³-hybridized carbons (Fsp3) is 0.533. The van der Waals surface area contributed by atoms with Gasteiger partial charge in [-0.2, -0.15) is 0 Å². The first-order valence-electron chi connectivity index (χ1n) is 6.48. The van der Waals surface area contributed by atoms with Crippen molar-refractivity contribution in [2.75, 3.05) is 6.61 Å². The normalized spacial score (nSPS) is 21.4. The van der Waals surface area contributed by atoms with Crippen molar-refractivity contribution in [3.05, 3.63) is 29.6 Å². The predicted octanol–water partition coefficient (Wildman–Crippen LogP) is 3.36. The topological polar surface area (TPSA) is 35.5 Å². The standard InChI is InChI=1S/C15H19FO3/c1-10(17)11-4-5-14(13(16)8-11)18-9-12-6-7-15(2,3)19-12/h4-5,8,12H,6-7,9H2,1-3H3. The van der Waals surface area contributed by atoms with Gasteiger partial charge in [0, 0.05) is 5.56 Å². The zero-order chi connectivity index (χ0) is 14.0. The molecular formula is C15H19FO3. The number of halogens is 1. The van der Waals surface area contributed by atoms with Crippen LogP contribution in [0.3, 0.4) is 0 Å². The van der Waals surface area contributed by atoms with Gasteiger partial charge in [-0.25, -0.2) is 4.39 Å². The Labute approximate surface area is 112 Å². The molecule has 0 spiro atoms. The molecule has 2 rings (SSSR count). The van der Waals surface area contributed by atoms with Crippen molar-refractivity contribution in [3.63, 3.8) is 0 Å². The van der Waals surface area contributed by atoms with Crippen molar-refractivity contribution in [2.24, 2.45) is 0 Å². The molecule has 104 valence electrons. The molecule has 0 aliphatic carbocycles. The van der Waals surface area contributed by atoms with Crippen LogP contribution in [-0.4, -0.2) is 24.1 Å². The fourth-order valence-corrected chi connectivity index (χ4v) is 2.21. The zero-order valence-electron chi connectivity index (χ0n) is 11.5. The van der Waals surface area contributed by atoms with Gasteiger partial charge in [0.1, 0.15) is 6.61 Å². The Morgan fingerprint density at radius 2 is 2.26 bits per heavy atom. The summed E-state index contributed by atoms with van der Waals surface area (Å²) in [7, 11) is 0. The first-order valence-corrected chi connectivity index (χ1v) is 6.48. The molecular weight excluding hydrogens is 247 g/mol. The Hall–Kier alpha value is -1.42. The Bertz CT molecular complexity index is 482. The van der Waals surface area contributed by atoms with E-state index in [1.54, 1.807) is 6.07 Å². The minimum Gasteiger partial charge on any atom is -0.488 e. The number of carbonyl (C=O) groups is 1. The van der Waals surface area contributed by atoms with E-state index in [0.29, 0.717) is 12.2 Å². The van der Waals surface area contributed by atoms with Crippen molar-refractivity contribution in [1.82, 2.24) is 0 Å². The van der Waals surface area contributed by atoms with E-state index in [1.165, 1.54) is 19.1 Å². The summed E-state index contributed by atoms with van der Waals surface area (Å²) in [4.78, 5) is 11.1. The van der Waals surface area contributed by atoms with Crippen LogP contribution in [0.5, 0.6) is 5.75 Å². The van der Waals surface area contributed by atoms with Crippen LogP contribution in [0.2, 0.25) is 0 Å². The molecule has 1 aromatic carbocycles. The lowest BCUT2D eigenvalue weighted by Gasteiger charge is -2.19. The number of hydrogen-bond acceptors (Lipinski definition) is 3. The van der Waals surface area contributed by atoms with Crippen molar-refractivity contribution in [3.8, 4) is 5.75 Å². The maximum absolute atomic E-state index is 13.7. The first-order chi connectivity index (χ1) is 8.87. The van der Waals surface area contributed by atoms with Crippen LogP contribution in [0.4, 0.5) is 4.39 Å². The molecule has 0 amide bonds. The molecule has 1 aromatic rings. The van der Waals surface area contributed by atoms with Crippen LogP contribution in [0.25, 0.3) is 0 Å². The number of rotatable bonds is 4. The number of hydrogen-bond donors (Lipinski definition) is 0. The van der Waals surface area contributed by atoms with E-state index >= 15 is 0 Å². The molecule has 0 saturated carbocycles. The maximum Gasteiger partial charge on any atom is 0.165 e. The first kappa shape index (κ1) is 14.0. The Morgan fingerprint density at radius 1 is 1.53 bits per heavy atom. The smallest absolute Gasteiger partial charge is 0.165 e. The molecule has 0 aromatic heterocycles. The van der Waals surface area contributed by atoms with Crippen LogP contribution >= 0.6 is 0 Å². The van der Waals surface area contributed by atoms with Crippen LogP contribution in [0, 0.1) is 5.82 Å². The van der Waals surface area contributed by atoms with Gasteiger partial charge in [0.15, 0.2) is 17.3 Å². The van der Waals surface area contributed by atoms with E-state index in [2.05, 4.69) is 0 Å². The number of ether oxygens (including phenoxy) is 2. The van der Waals surface area contributed by atoms with Gasteiger partial charge in [-0.15, -0.1) is 0 Å². The molecule has 0 bridgehead atoms. The van der Waals surface area contributed by atoms with Crippen molar-refractivity contribution >= 4 is 5.78 Å². The SMILES string of the molecule is CC(=O)c1ccc(OCC2CCC(C)(C)O2)c(F)c1. The third kappa shape index (κ3) is 3.53. The molecule has 19 heavy (non-hydrogen) atoms. The second-order valence-electron chi connectivity index (χ2n) is 5.55. The average Bonchev–Trinajstić information content (AvgIpc) is 2.67. The molecule has 1 atom stereocenters. The molecule has 0 N–H and O–H groups in total.